The van der Waals surface area contributed by atoms with E-state index in [1.165, 1.54) is 0 Å². The molecule has 1 aromatic heterocycles. The normalized spacial score (nSPS) is 20.8. The summed E-state index contributed by atoms with van der Waals surface area (Å²) in [5.41, 5.74) is 1.03. The number of anilines is 1. The van der Waals surface area contributed by atoms with Crippen LogP contribution in [0.5, 0.6) is 0 Å². The van der Waals surface area contributed by atoms with Gasteiger partial charge in [-0.3, -0.25) is 0 Å². The highest BCUT2D eigenvalue weighted by atomic mass is 16.3. The van der Waals surface area contributed by atoms with Crippen molar-refractivity contribution in [2.24, 2.45) is 0 Å². The molecule has 2 aromatic rings. The Morgan fingerprint density at radius 2 is 2.04 bits per heavy atom. The van der Waals surface area contributed by atoms with Crippen molar-refractivity contribution in [3.63, 3.8) is 0 Å². The Balaban J connectivity index is 1.58. The SMILES string of the molecule is CN(C)C[C@@]1(O)CCCN(C(=O)Nc2ccc(-n3ccnc3)cc2)CC1. The molecule has 2 N–H and O–H groups in total. The molecule has 0 aliphatic carbocycles. The predicted octanol–water partition coefficient (Wildman–Crippen LogP) is 2.18. The van der Waals surface area contributed by atoms with Gasteiger partial charge in [0.15, 0.2) is 0 Å². The van der Waals surface area contributed by atoms with E-state index in [9.17, 15) is 9.90 Å². The average molecular weight is 357 g/mol. The maximum Gasteiger partial charge on any atom is 0.321 e. The molecule has 0 radical (unpaired) electrons. The van der Waals surface area contributed by atoms with Crippen LogP contribution in [0.15, 0.2) is 43.0 Å². The van der Waals surface area contributed by atoms with Gasteiger partial charge in [-0.05, 0) is 57.6 Å². The molecule has 26 heavy (non-hydrogen) atoms. The smallest absolute Gasteiger partial charge is 0.321 e. The molecule has 1 aromatic carbocycles. The number of benzene rings is 1. The standard InChI is InChI=1S/C19H27N5O2/c1-22(2)14-19(26)8-3-11-23(12-9-19)18(25)21-16-4-6-17(7-5-16)24-13-10-20-15-24/h4-7,10,13,15,26H,3,8-9,11-12,14H2,1-2H3,(H,21,25)/t19-/m1/s1. The minimum Gasteiger partial charge on any atom is -0.388 e. The Morgan fingerprint density at radius 3 is 2.69 bits per heavy atom. The monoisotopic (exact) mass is 357 g/mol. The molecule has 2 heterocycles. The van der Waals surface area contributed by atoms with Crippen molar-refractivity contribution >= 4 is 11.7 Å². The van der Waals surface area contributed by atoms with E-state index >= 15 is 0 Å². The van der Waals surface area contributed by atoms with Gasteiger partial charge in [0.25, 0.3) is 0 Å². The molecule has 0 saturated carbocycles. The molecular formula is C19H27N5O2. The fourth-order valence-electron chi connectivity index (χ4n) is 3.46. The number of urea groups is 1. The molecule has 2 amide bonds. The summed E-state index contributed by atoms with van der Waals surface area (Å²) in [6.45, 7) is 1.84. The highest BCUT2D eigenvalue weighted by Crippen LogP contribution is 2.23. The summed E-state index contributed by atoms with van der Waals surface area (Å²) in [5, 5.41) is 13.7. The van der Waals surface area contributed by atoms with E-state index in [2.05, 4.69) is 10.3 Å². The van der Waals surface area contributed by atoms with Crippen LogP contribution in [0.1, 0.15) is 19.3 Å². The molecule has 0 bridgehead atoms. The number of likely N-dealkylation sites (tertiary alicyclic amines) is 1. The maximum absolute atomic E-state index is 12.6. The first-order chi connectivity index (χ1) is 12.5. The van der Waals surface area contributed by atoms with Crippen molar-refractivity contribution in [3.8, 4) is 5.69 Å². The molecule has 1 aliphatic rings. The number of aromatic nitrogens is 2. The highest BCUT2D eigenvalue weighted by Gasteiger charge is 2.31. The Hall–Kier alpha value is -2.38. The number of hydrogen-bond donors (Lipinski definition) is 2. The van der Waals surface area contributed by atoms with Crippen molar-refractivity contribution < 1.29 is 9.90 Å². The Kier molecular flexibility index (Phi) is 5.58. The van der Waals surface area contributed by atoms with Crippen LogP contribution in [0.25, 0.3) is 5.69 Å². The fourth-order valence-corrected chi connectivity index (χ4v) is 3.46. The average Bonchev–Trinajstić information content (AvgIpc) is 3.05. The first-order valence-corrected chi connectivity index (χ1v) is 8.97. The number of nitrogens with one attached hydrogen (secondary N) is 1. The number of hydrogen-bond acceptors (Lipinski definition) is 4. The third-order valence-electron chi connectivity index (χ3n) is 4.74. The van der Waals surface area contributed by atoms with E-state index in [1.807, 2.05) is 54.0 Å². The summed E-state index contributed by atoms with van der Waals surface area (Å²) in [5.74, 6) is 0. The molecule has 7 nitrogen and oxygen atoms in total. The number of imidazole rings is 1. The van der Waals surface area contributed by atoms with Crippen molar-refractivity contribution in [3.05, 3.63) is 43.0 Å². The van der Waals surface area contributed by atoms with E-state index in [1.54, 1.807) is 17.4 Å². The summed E-state index contributed by atoms with van der Waals surface area (Å²) < 4.78 is 1.91. The van der Waals surface area contributed by atoms with Crippen molar-refractivity contribution in [1.82, 2.24) is 19.4 Å². The molecule has 1 saturated heterocycles. The number of carbonyl (C=O) groups excluding carboxylic acids is 1. The zero-order chi connectivity index (χ0) is 18.6. The first kappa shape index (κ1) is 18.4. The molecule has 0 spiro atoms. The Labute approximate surface area is 154 Å². The summed E-state index contributed by atoms with van der Waals surface area (Å²) >= 11 is 0. The van der Waals surface area contributed by atoms with E-state index in [0.717, 1.165) is 17.8 Å². The molecule has 1 atom stereocenters. The zero-order valence-corrected chi connectivity index (χ0v) is 15.4. The second-order valence-electron chi connectivity index (χ2n) is 7.25. The van der Waals surface area contributed by atoms with Crippen LogP contribution >= 0.6 is 0 Å². The predicted molar refractivity (Wildman–Crippen MR) is 102 cm³/mol. The number of amides is 2. The van der Waals surface area contributed by atoms with Crippen LogP contribution in [-0.2, 0) is 0 Å². The molecule has 3 rings (SSSR count). The molecule has 0 unspecified atom stereocenters. The zero-order valence-electron chi connectivity index (χ0n) is 15.4. The van der Waals surface area contributed by atoms with Gasteiger partial charge in [-0.15, -0.1) is 0 Å². The van der Waals surface area contributed by atoms with Gasteiger partial charge in [-0.1, -0.05) is 0 Å². The number of nitrogens with zero attached hydrogens (tertiary/aromatic N) is 4. The van der Waals surface area contributed by atoms with Gasteiger partial charge in [0, 0.05) is 43.4 Å². The molecule has 7 heteroatoms. The van der Waals surface area contributed by atoms with Gasteiger partial charge in [0.2, 0.25) is 0 Å². The summed E-state index contributed by atoms with van der Waals surface area (Å²) in [4.78, 5) is 20.4. The largest absolute Gasteiger partial charge is 0.388 e. The van der Waals surface area contributed by atoms with Gasteiger partial charge in [-0.2, -0.15) is 0 Å². The van der Waals surface area contributed by atoms with Crippen molar-refractivity contribution in [2.45, 2.75) is 24.9 Å². The first-order valence-electron chi connectivity index (χ1n) is 8.97. The Morgan fingerprint density at radius 1 is 1.27 bits per heavy atom. The van der Waals surface area contributed by atoms with Crippen LogP contribution in [0.3, 0.4) is 0 Å². The lowest BCUT2D eigenvalue weighted by Gasteiger charge is -2.29. The summed E-state index contributed by atoms with van der Waals surface area (Å²) in [7, 11) is 3.92. The van der Waals surface area contributed by atoms with E-state index in [4.69, 9.17) is 0 Å². The van der Waals surface area contributed by atoms with Crippen LogP contribution in [-0.4, -0.2) is 69.8 Å². The van der Waals surface area contributed by atoms with Gasteiger partial charge in [-0.25, -0.2) is 9.78 Å². The number of likely N-dealkylation sites (N-methyl/N-ethyl adjacent to an activating group) is 1. The van der Waals surface area contributed by atoms with Crippen molar-refractivity contribution in [1.29, 1.82) is 0 Å². The molecule has 1 aliphatic heterocycles. The lowest BCUT2D eigenvalue weighted by Crippen LogP contribution is -2.42. The second kappa shape index (κ2) is 7.88. The number of rotatable bonds is 4. The molecule has 140 valence electrons. The van der Waals surface area contributed by atoms with E-state index < -0.39 is 5.60 Å². The fraction of sp³-hybridized carbons (Fsp3) is 0.474. The van der Waals surface area contributed by atoms with Gasteiger partial charge in [0.1, 0.15) is 0 Å². The van der Waals surface area contributed by atoms with Crippen LogP contribution in [0.2, 0.25) is 0 Å². The third kappa shape index (κ3) is 4.62. The topological polar surface area (TPSA) is 73.6 Å². The summed E-state index contributed by atoms with van der Waals surface area (Å²) in [6.07, 6.45) is 7.45. The highest BCUT2D eigenvalue weighted by molar-refractivity contribution is 5.89. The number of aliphatic hydroxyl groups is 1. The second-order valence-corrected chi connectivity index (χ2v) is 7.25. The van der Waals surface area contributed by atoms with Crippen LogP contribution in [0, 0.1) is 0 Å². The minimum atomic E-state index is -0.717. The van der Waals surface area contributed by atoms with Gasteiger partial charge < -0.3 is 24.8 Å². The maximum atomic E-state index is 12.6. The van der Waals surface area contributed by atoms with Gasteiger partial charge in [0.05, 0.1) is 11.9 Å². The molecule has 1 fully saturated rings. The number of carbonyl (C=O) groups is 1. The quantitative estimate of drug-likeness (QED) is 0.880. The van der Waals surface area contributed by atoms with E-state index in [-0.39, 0.29) is 6.03 Å². The lowest BCUT2D eigenvalue weighted by molar-refractivity contribution is 0.00361. The van der Waals surface area contributed by atoms with Crippen LogP contribution < -0.4 is 5.32 Å². The van der Waals surface area contributed by atoms with Crippen LogP contribution in [0.4, 0.5) is 10.5 Å². The minimum absolute atomic E-state index is 0.116. The van der Waals surface area contributed by atoms with Gasteiger partial charge >= 0.3 is 6.03 Å². The van der Waals surface area contributed by atoms with E-state index in [0.29, 0.717) is 32.5 Å². The van der Waals surface area contributed by atoms with Crippen molar-refractivity contribution in [2.75, 3.05) is 39.0 Å². The Bertz CT molecular complexity index is 714. The summed E-state index contributed by atoms with van der Waals surface area (Å²) in [6, 6.07) is 7.53. The lowest BCUT2D eigenvalue weighted by atomic mass is 9.94. The molecular weight excluding hydrogens is 330 g/mol. The third-order valence-corrected chi connectivity index (χ3v) is 4.74.